The van der Waals surface area contributed by atoms with Crippen LogP contribution in [0.15, 0.2) is 60.0 Å². The summed E-state index contributed by atoms with van der Waals surface area (Å²) < 4.78 is 24.4. The predicted molar refractivity (Wildman–Crippen MR) is 114 cm³/mol. The number of nitrogens with one attached hydrogen (secondary N) is 1. The van der Waals surface area contributed by atoms with Gasteiger partial charge in [0, 0.05) is 38.1 Å². The molecule has 11 heteroatoms. The number of amides is 1. The molecule has 1 saturated heterocycles. The van der Waals surface area contributed by atoms with Crippen molar-refractivity contribution < 1.29 is 13.2 Å². The van der Waals surface area contributed by atoms with Crippen LogP contribution < -0.4 is 15.4 Å². The Bertz CT molecular complexity index is 1150. The Morgan fingerprint density at radius 2 is 1.97 bits per heavy atom. The van der Waals surface area contributed by atoms with E-state index < -0.39 is 10.0 Å². The van der Waals surface area contributed by atoms with Crippen LogP contribution in [0.3, 0.4) is 0 Å². The van der Waals surface area contributed by atoms with E-state index in [4.69, 9.17) is 5.14 Å². The third kappa shape index (κ3) is 5.06. The Morgan fingerprint density at radius 3 is 2.68 bits per heavy atom. The maximum Gasteiger partial charge on any atom is 0.238 e. The number of rotatable bonds is 6. The van der Waals surface area contributed by atoms with Crippen LogP contribution in [0.25, 0.3) is 5.82 Å². The van der Waals surface area contributed by atoms with Gasteiger partial charge in [0.05, 0.1) is 10.8 Å². The van der Waals surface area contributed by atoms with Gasteiger partial charge in [-0.25, -0.2) is 28.2 Å². The predicted octanol–water partition coefficient (Wildman–Crippen LogP) is 0.842. The van der Waals surface area contributed by atoms with Gasteiger partial charge in [0.2, 0.25) is 15.9 Å². The quantitative estimate of drug-likeness (QED) is 0.578. The Hall–Kier alpha value is -3.31. The zero-order chi connectivity index (χ0) is 21.8. The number of benzene rings is 1. The third-order valence-corrected chi connectivity index (χ3v) is 6.14. The molecule has 0 spiro atoms. The number of anilines is 1. The summed E-state index contributed by atoms with van der Waals surface area (Å²) in [4.78, 5) is 23.5. The minimum Gasteiger partial charge on any atom is -0.356 e. The van der Waals surface area contributed by atoms with E-state index in [9.17, 15) is 13.2 Å². The van der Waals surface area contributed by atoms with Crippen molar-refractivity contribution in [3.05, 3.63) is 60.7 Å². The largest absolute Gasteiger partial charge is 0.356 e. The van der Waals surface area contributed by atoms with E-state index in [2.05, 4.69) is 25.3 Å². The second kappa shape index (κ2) is 8.82. The standard InChI is InChI=1S/C20H23N7O3S/c21-31(29,30)17-6-4-15(5-7-17)12-22-20(28)16-3-1-9-26(13-16)18-11-19(24-14-23-18)27-10-2-8-25-27/h2,4-8,10-11,14,16H,1,3,9,12-13H2,(H,22,28)(H2,21,29,30)/t16-/m1/s1. The third-order valence-electron chi connectivity index (χ3n) is 5.21. The highest BCUT2D eigenvalue weighted by Crippen LogP contribution is 2.23. The molecule has 2 aromatic heterocycles. The monoisotopic (exact) mass is 441 g/mol. The molecule has 1 aliphatic heterocycles. The fraction of sp³-hybridized carbons (Fsp3) is 0.300. The molecule has 0 bridgehead atoms. The lowest BCUT2D eigenvalue weighted by Gasteiger charge is -2.32. The number of carbonyl (C=O) groups is 1. The molecule has 31 heavy (non-hydrogen) atoms. The normalized spacial score (nSPS) is 16.8. The van der Waals surface area contributed by atoms with Gasteiger partial charge >= 0.3 is 0 Å². The van der Waals surface area contributed by atoms with E-state index in [1.807, 2.05) is 18.3 Å². The molecule has 3 heterocycles. The average Bonchev–Trinajstić information content (AvgIpc) is 3.32. The lowest BCUT2D eigenvalue weighted by atomic mass is 9.97. The summed E-state index contributed by atoms with van der Waals surface area (Å²) >= 11 is 0. The average molecular weight is 442 g/mol. The van der Waals surface area contributed by atoms with Gasteiger partial charge in [0.25, 0.3) is 0 Å². The molecule has 3 aromatic rings. The molecule has 1 aliphatic rings. The molecule has 1 atom stereocenters. The summed E-state index contributed by atoms with van der Waals surface area (Å²) in [5.41, 5.74) is 0.799. The summed E-state index contributed by atoms with van der Waals surface area (Å²) in [6.07, 6.45) is 6.67. The van der Waals surface area contributed by atoms with Crippen molar-refractivity contribution in [1.82, 2.24) is 25.1 Å². The Labute approximate surface area is 180 Å². The van der Waals surface area contributed by atoms with Crippen molar-refractivity contribution in [2.24, 2.45) is 11.1 Å². The van der Waals surface area contributed by atoms with Crippen LogP contribution in [-0.4, -0.2) is 47.2 Å². The zero-order valence-corrected chi connectivity index (χ0v) is 17.6. The Kier molecular flexibility index (Phi) is 5.96. The van der Waals surface area contributed by atoms with Crippen LogP contribution in [0.1, 0.15) is 18.4 Å². The first-order chi connectivity index (χ1) is 14.9. The van der Waals surface area contributed by atoms with Gasteiger partial charge in [-0.05, 0) is 36.6 Å². The SMILES string of the molecule is NS(=O)(=O)c1ccc(CNC(=O)[C@@H]2CCCN(c3cc(-n4cccn4)ncn3)C2)cc1. The van der Waals surface area contributed by atoms with Crippen LogP contribution in [-0.2, 0) is 21.4 Å². The van der Waals surface area contributed by atoms with Gasteiger partial charge in [-0.3, -0.25) is 4.79 Å². The number of carbonyl (C=O) groups excluding carboxylic acids is 1. The van der Waals surface area contributed by atoms with Gasteiger partial charge in [-0.1, -0.05) is 12.1 Å². The van der Waals surface area contributed by atoms with Crippen molar-refractivity contribution in [3.63, 3.8) is 0 Å². The molecule has 0 unspecified atom stereocenters. The molecule has 0 radical (unpaired) electrons. The van der Waals surface area contributed by atoms with Crippen molar-refractivity contribution in [3.8, 4) is 5.82 Å². The maximum absolute atomic E-state index is 12.7. The van der Waals surface area contributed by atoms with Gasteiger partial charge in [-0.2, -0.15) is 5.10 Å². The van der Waals surface area contributed by atoms with Crippen LogP contribution in [0.2, 0.25) is 0 Å². The van der Waals surface area contributed by atoms with E-state index in [-0.39, 0.29) is 16.7 Å². The van der Waals surface area contributed by atoms with Gasteiger partial charge in [0.15, 0.2) is 5.82 Å². The molecule has 1 aromatic carbocycles. The van der Waals surface area contributed by atoms with Crippen LogP contribution >= 0.6 is 0 Å². The highest BCUT2D eigenvalue weighted by Gasteiger charge is 2.26. The van der Waals surface area contributed by atoms with E-state index in [0.717, 1.165) is 30.8 Å². The van der Waals surface area contributed by atoms with Crippen molar-refractivity contribution >= 4 is 21.7 Å². The molecule has 0 aliphatic carbocycles. The first kappa shape index (κ1) is 20.9. The van der Waals surface area contributed by atoms with Crippen molar-refractivity contribution in [2.75, 3.05) is 18.0 Å². The summed E-state index contributed by atoms with van der Waals surface area (Å²) in [6.45, 7) is 1.69. The number of nitrogens with zero attached hydrogens (tertiary/aromatic N) is 5. The van der Waals surface area contributed by atoms with Crippen molar-refractivity contribution in [1.29, 1.82) is 0 Å². The summed E-state index contributed by atoms with van der Waals surface area (Å²) in [7, 11) is -3.73. The second-order valence-electron chi connectivity index (χ2n) is 7.38. The number of nitrogens with two attached hydrogens (primary N) is 1. The molecule has 1 fully saturated rings. The number of piperidine rings is 1. The first-order valence-electron chi connectivity index (χ1n) is 9.86. The minimum atomic E-state index is -3.73. The van der Waals surface area contributed by atoms with E-state index >= 15 is 0 Å². The fourth-order valence-corrected chi connectivity index (χ4v) is 4.08. The number of primary sulfonamides is 1. The smallest absolute Gasteiger partial charge is 0.238 e. The Morgan fingerprint density at radius 1 is 1.19 bits per heavy atom. The van der Waals surface area contributed by atoms with E-state index in [1.54, 1.807) is 23.0 Å². The molecular formula is C20H23N7O3S. The molecule has 10 nitrogen and oxygen atoms in total. The van der Waals surface area contributed by atoms with Crippen LogP contribution in [0.4, 0.5) is 5.82 Å². The number of aromatic nitrogens is 4. The summed E-state index contributed by atoms with van der Waals surface area (Å²) in [6, 6.07) is 9.85. The van der Waals surface area contributed by atoms with Crippen LogP contribution in [0, 0.1) is 5.92 Å². The lowest BCUT2D eigenvalue weighted by Crippen LogP contribution is -2.43. The molecule has 0 saturated carbocycles. The van der Waals surface area contributed by atoms with Crippen LogP contribution in [0.5, 0.6) is 0 Å². The van der Waals surface area contributed by atoms with E-state index in [1.165, 1.54) is 18.5 Å². The molecule has 1 amide bonds. The van der Waals surface area contributed by atoms with Gasteiger partial charge in [0.1, 0.15) is 12.1 Å². The topological polar surface area (TPSA) is 136 Å². The minimum absolute atomic E-state index is 0.0402. The fourth-order valence-electron chi connectivity index (χ4n) is 3.57. The Balaban J connectivity index is 1.37. The zero-order valence-electron chi connectivity index (χ0n) is 16.8. The molecule has 162 valence electrons. The first-order valence-corrected chi connectivity index (χ1v) is 11.4. The molecule has 4 rings (SSSR count). The highest BCUT2D eigenvalue weighted by molar-refractivity contribution is 7.89. The van der Waals surface area contributed by atoms with Crippen molar-refractivity contribution in [2.45, 2.75) is 24.3 Å². The number of hydrogen-bond acceptors (Lipinski definition) is 7. The second-order valence-corrected chi connectivity index (χ2v) is 8.94. The molecule has 3 N–H and O–H groups in total. The number of sulfonamides is 1. The highest BCUT2D eigenvalue weighted by atomic mass is 32.2. The van der Waals surface area contributed by atoms with Gasteiger partial charge < -0.3 is 10.2 Å². The molecular weight excluding hydrogens is 418 g/mol. The number of hydrogen-bond donors (Lipinski definition) is 2. The summed E-state index contributed by atoms with van der Waals surface area (Å²) in [5.74, 6) is 1.23. The lowest BCUT2D eigenvalue weighted by molar-refractivity contribution is -0.125. The maximum atomic E-state index is 12.7. The van der Waals surface area contributed by atoms with Gasteiger partial charge in [-0.15, -0.1) is 0 Å². The summed E-state index contributed by atoms with van der Waals surface area (Å²) in [5, 5.41) is 12.2. The van der Waals surface area contributed by atoms with E-state index in [0.29, 0.717) is 18.9 Å².